The van der Waals surface area contributed by atoms with Gasteiger partial charge < -0.3 is 9.47 Å². The lowest BCUT2D eigenvalue weighted by atomic mass is 10.2. The van der Waals surface area contributed by atoms with Crippen LogP contribution >= 0.6 is 27.5 Å². The van der Waals surface area contributed by atoms with Crippen molar-refractivity contribution in [2.45, 2.75) is 39.4 Å². The highest BCUT2D eigenvalue weighted by Crippen LogP contribution is 2.29. The standard InChI is InChI=1S/C13H16BrClO3/c1-8(12(16)18-13(2,3)4)17-11-6-5-9(15)7-10(11)14/h5-8H,1-4H3. The minimum Gasteiger partial charge on any atom is -0.478 e. The van der Waals surface area contributed by atoms with E-state index in [0.717, 1.165) is 0 Å². The third-order valence-corrected chi connectivity index (χ3v) is 2.79. The van der Waals surface area contributed by atoms with Gasteiger partial charge >= 0.3 is 5.97 Å². The molecule has 1 rings (SSSR count). The Hall–Kier alpha value is -0.740. The van der Waals surface area contributed by atoms with Crippen molar-refractivity contribution in [2.75, 3.05) is 0 Å². The summed E-state index contributed by atoms with van der Waals surface area (Å²) in [6.45, 7) is 7.09. The molecule has 0 aliphatic heterocycles. The molecule has 0 fully saturated rings. The molecule has 1 aromatic carbocycles. The minimum absolute atomic E-state index is 0.399. The summed E-state index contributed by atoms with van der Waals surface area (Å²) < 4.78 is 11.5. The van der Waals surface area contributed by atoms with Crippen molar-refractivity contribution in [2.24, 2.45) is 0 Å². The predicted molar refractivity (Wildman–Crippen MR) is 75.1 cm³/mol. The van der Waals surface area contributed by atoms with Gasteiger partial charge in [0.15, 0.2) is 6.10 Å². The molecule has 0 saturated carbocycles. The average Bonchev–Trinajstić information content (AvgIpc) is 2.19. The van der Waals surface area contributed by atoms with E-state index in [9.17, 15) is 4.79 Å². The number of benzene rings is 1. The van der Waals surface area contributed by atoms with Gasteiger partial charge in [-0.05, 0) is 61.8 Å². The molecule has 100 valence electrons. The number of halogens is 2. The van der Waals surface area contributed by atoms with Crippen LogP contribution < -0.4 is 4.74 Å². The molecule has 18 heavy (non-hydrogen) atoms. The fourth-order valence-corrected chi connectivity index (χ4v) is 1.97. The number of rotatable bonds is 3. The van der Waals surface area contributed by atoms with E-state index in [0.29, 0.717) is 15.2 Å². The molecule has 5 heteroatoms. The number of hydrogen-bond donors (Lipinski definition) is 0. The van der Waals surface area contributed by atoms with E-state index in [-0.39, 0.29) is 0 Å². The highest BCUT2D eigenvalue weighted by atomic mass is 79.9. The zero-order chi connectivity index (χ0) is 13.9. The van der Waals surface area contributed by atoms with Gasteiger partial charge in [-0.15, -0.1) is 0 Å². The molecule has 3 nitrogen and oxygen atoms in total. The Bertz CT molecular complexity index is 440. The van der Waals surface area contributed by atoms with E-state index in [4.69, 9.17) is 21.1 Å². The third-order valence-electron chi connectivity index (χ3n) is 1.94. The Morgan fingerprint density at radius 1 is 1.39 bits per heavy atom. The van der Waals surface area contributed by atoms with E-state index in [1.54, 1.807) is 25.1 Å². The summed E-state index contributed by atoms with van der Waals surface area (Å²) in [6, 6.07) is 5.11. The van der Waals surface area contributed by atoms with Crippen LogP contribution in [0, 0.1) is 0 Å². The van der Waals surface area contributed by atoms with Crippen molar-refractivity contribution in [3.05, 3.63) is 27.7 Å². The van der Waals surface area contributed by atoms with Crippen LogP contribution in [0.1, 0.15) is 27.7 Å². The lowest BCUT2D eigenvalue weighted by Crippen LogP contribution is -2.33. The number of ether oxygens (including phenoxy) is 2. The van der Waals surface area contributed by atoms with Crippen LogP contribution in [-0.4, -0.2) is 17.7 Å². The summed E-state index contributed by atoms with van der Waals surface area (Å²) in [6.07, 6.45) is -0.679. The van der Waals surface area contributed by atoms with Crippen molar-refractivity contribution in [1.82, 2.24) is 0 Å². The molecular weight excluding hydrogens is 319 g/mol. The molecule has 0 N–H and O–H groups in total. The first kappa shape index (κ1) is 15.3. The average molecular weight is 336 g/mol. The van der Waals surface area contributed by atoms with Gasteiger partial charge in [0, 0.05) is 5.02 Å². The largest absolute Gasteiger partial charge is 0.478 e. The molecule has 0 aromatic heterocycles. The summed E-state index contributed by atoms with van der Waals surface area (Å²) in [4.78, 5) is 11.8. The second kappa shape index (κ2) is 5.93. The van der Waals surface area contributed by atoms with E-state index < -0.39 is 17.7 Å². The van der Waals surface area contributed by atoms with Gasteiger partial charge in [0.2, 0.25) is 0 Å². The highest BCUT2D eigenvalue weighted by molar-refractivity contribution is 9.10. The van der Waals surface area contributed by atoms with Gasteiger partial charge in [0.25, 0.3) is 0 Å². The maximum absolute atomic E-state index is 11.8. The lowest BCUT2D eigenvalue weighted by Gasteiger charge is -2.23. The van der Waals surface area contributed by atoms with Gasteiger partial charge in [0.1, 0.15) is 11.4 Å². The number of carbonyl (C=O) groups is 1. The first-order valence-electron chi connectivity index (χ1n) is 5.53. The SMILES string of the molecule is CC(Oc1ccc(Cl)cc1Br)C(=O)OC(C)(C)C. The Labute approximate surface area is 121 Å². The van der Waals surface area contributed by atoms with Crippen molar-refractivity contribution >= 4 is 33.5 Å². The van der Waals surface area contributed by atoms with E-state index in [2.05, 4.69) is 15.9 Å². The Balaban J connectivity index is 2.69. The van der Waals surface area contributed by atoms with E-state index >= 15 is 0 Å². The van der Waals surface area contributed by atoms with Crippen LogP contribution in [0.25, 0.3) is 0 Å². The first-order valence-corrected chi connectivity index (χ1v) is 6.71. The second-order valence-electron chi connectivity index (χ2n) is 4.87. The molecular formula is C13H16BrClO3. The van der Waals surface area contributed by atoms with Gasteiger partial charge in [-0.2, -0.15) is 0 Å². The summed E-state index contributed by atoms with van der Waals surface area (Å²) in [5.74, 6) is 0.155. The molecule has 0 radical (unpaired) electrons. The normalized spacial score (nSPS) is 13.0. The van der Waals surface area contributed by atoms with Crippen molar-refractivity contribution in [3.8, 4) is 5.75 Å². The monoisotopic (exact) mass is 334 g/mol. The molecule has 0 aliphatic carbocycles. The molecule has 0 amide bonds. The number of hydrogen-bond acceptors (Lipinski definition) is 3. The second-order valence-corrected chi connectivity index (χ2v) is 6.16. The lowest BCUT2D eigenvalue weighted by molar-refractivity contribution is -0.162. The number of esters is 1. The summed E-state index contributed by atoms with van der Waals surface area (Å²) in [7, 11) is 0. The summed E-state index contributed by atoms with van der Waals surface area (Å²) in [5.41, 5.74) is -0.522. The van der Waals surface area contributed by atoms with Gasteiger partial charge in [-0.25, -0.2) is 4.79 Å². The van der Waals surface area contributed by atoms with Crippen LogP contribution in [0.2, 0.25) is 5.02 Å². The Morgan fingerprint density at radius 2 is 2.00 bits per heavy atom. The maximum Gasteiger partial charge on any atom is 0.347 e. The molecule has 0 heterocycles. The predicted octanol–water partition coefficient (Wildman–Crippen LogP) is 4.21. The molecule has 0 saturated heterocycles. The van der Waals surface area contributed by atoms with Crippen LogP contribution in [-0.2, 0) is 9.53 Å². The highest BCUT2D eigenvalue weighted by Gasteiger charge is 2.23. The first-order chi connectivity index (χ1) is 8.19. The van der Waals surface area contributed by atoms with E-state index in [1.165, 1.54) is 0 Å². The zero-order valence-corrected chi connectivity index (χ0v) is 13.1. The molecule has 1 atom stereocenters. The topological polar surface area (TPSA) is 35.5 Å². The smallest absolute Gasteiger partial charge is 0.347 e. The molecule has 1 aromatic rings. The van der Waals surface area contributed by atoms with Crippen LogP contribution in [0.15, 0.2) is 22.7 Å². The zero-order valence-electron chi connectivity index (χ0n) is 10.8. The third kappa shape index (κ3) is 4.86. The maximum atomic E-state index is 11.8. The fraction of sp³-hybridized carbons (Fsp3) is 0.462. The van der Waals surface area contributed by atoms with Gasteiger partial charge in [-0.3, -0.25) is 0 Å². The van der Waals surface area contributed by atoms with Gasteiger partial charge in [0.05, 0.1) is 4.47 Å². The van der Waals surface area contributed by atoms with Crippen molar-refractivity contribution in [3.63, 3.8) is 0 Å². The van der Waals surface area contributed by atoms with Gasteiger partial charge in [-0.1, -0.05) is 11.6 Å². The Morgan fingerprint density at radius 3 is 2.50 bits per heavy atom. The fourth-order valence-electron chi connectivity index (χ4n) is 1.19. The molecule has 0 aliphatic rings. The molecule has 0 bridgehead atoms. The molecule has 0 spiro atoms. The van der Waals surface area contributed by atoms with Crippen LogP contribution in [0.5, 0.6) is 5.75 Å². The Kier molecular flexibility index (Phi) is 5.05. The van der Waals surface area contributed by atoms with Crippen LogP contribution in [0.4, 0.5) is 0 Å². The molecule has 1 unspecified atom stereocenters. The number of carbonyl (C=O) groups excluding carboxylic acids is 1. The summed E-state index contributed by atoms with van der Waals surface area (Å²) >= 11 is 9.15. The van der Waals surface area contributed by atoms with Crippen molar-refractivity contribution in [1.29, 1.82) is 0 Å². The van der Waals surface area contributed by atoms with Crippen molar-refractivity contribution < 1.29 is 14.3 Å². The minimum atomic E-state index is -0.679. The quantitative estimate of drug-likeness (QED) is 0.776. The summed E-state index contributed by atoms with van der Waals surface area (Å²) in [5, 5.41) is 0.596. The van der Waals surface area contributed by atoms with E-state index in [1.807, 2.05) is 20.8 Å². The van der Waals surface area contributed by atoms with Crippen LogP contribution in [0.3, 0.4) is 0 Å².